The molecule has 144 valence electrons. The summed E-state index contributed by atoms with van der Waals surface area (Å²) in [6.07, 6.45) is 0. The maximum Gasteiger partial charge on any atom is 0.340 e. The normalized spacial score (nSPS) is 18.3. The van der Waals surface area contributed by atoms with Gasteiger partial charge in [-0.3, -0.25) is 0 Å². The van der Waals surface area contributed by atoms with E-state index < -0.39 is 17.5 Å². The summed E-state index contributed by atoms with van der Waals surface area (Å²) < 4.78 is 16.7. The number of carbonyl (C=O) groups excluding carboxylic acids is 2. The van der Waals surface area contributed by atoms with Crippen molar-refractivity contribution in [2.24, 2.45) is 0 Å². The molecule has 29 heavy (non-hydrogen) atoms. The van der Waals surface area contributed by atoms with Crippen molar-refractivity contribution in [1.29, 1.82) is 0 Å². The topological polar surface area (TPSA) is 102 Å². The molecule has 0 bridgehead atoms. The third kappa shape index (κ3) is 2.18. The molecule has 2 heterocycles. The molecule has 2 aliphatic rings. The number of methoxy groups -OCH3 is 1. The van der Waals surface area contributed by atoms with Gasteiger partial charge in [0.1, 0.15) is 23.0 Å². The van der Waals surface area contributed by atoms with Crippen LogP contribution in [0.1, 0.15) is 37.4 Å². The van der Waals surface area contributed by atoms with Gasteiger partial charge in [-0.2, -0.15) is 0 Å². The summed E-state index contributed by atoms with van der Waals surface area (Å²) in [7, 11) is 1.22. The summed E-state index contributed by atoms with van der Waals surface area (Å²) in [5, 5.41) is 20.1. The number of rotatable bonds is 1. The molecule has 1 atom stereocenters. The highest BCUT2D eigenvalue weighted by molar-refractivity contribution is 6.00. The molecule has 7 heteroatoms. The number of benzene rings is 3. The number of hydrogen-bond donors (Lipinski definition) is 2. The summed E-state index contributed by atoms with van der Waals surface area (Å²) in [5.41, 5.74) is 0.0727. The van der Waals surface area contributed by atoms with Crippen LogP contribution in [0.5, 0.6) is 23.0 Å². The maximum absolute atomic E-state index is 12.8. The van der Waals surface area contributed by atoms with Crippen LogP contribution in [-0.2, 0) is 15.1 Å². The van der Waals surface area contributed by atoms with Gasteiger partial charge in [0.05, 0.1) is 23.8 Å². The Bertz CT molecular complexity index is 1210. The first-order valence-electron chi connectivity index (χ1n) is 8.75. The minimum Gasteiger partial charge on any atom is -0.508 e. The fourth-order valence-electron chi connectivity index (χ4n) is 4.06. The lowest BCUT2D eigenvalue weighted by molar-refractivity contribution is 0.0213. The van der Waals surface area contributed by atoms with Gasteiger partial charge in [-0.15, -0.1) is 0 Å². The van der Waals surface area contributed by atoms with E-state index in [9.17, 15) is 19.8 Å². The molecule has 0 radical (unpaired) electrons. The van der Waals surface area contributed by atoms with Crippen LogP contribution in [0.4, 0.5) is 0 Å². The molecule has 2 N–H and O–H groups in total. The van der Waals surface area contributed by atoms with E-state index in [0.29, 0.717) is 16.7 Å². The number of aromatic hydroxyl groups is 2. The lowest BCUT2D eigenvalue weighted by atomic mass is 9.75. The van der Waals surface area contributed by atoms with Gasteiger partial charge in [-0.05, 0) is 24.3 Å². The molecule has 3 aromatic carbocycles. The summed E-state index contributed by atoms with van der Waals surface area (Å²) in [4.78, 5) is 25.3. The van der Waals surface area contributed by atoms with Crippen molar-refractivity contribution >= 4 is 11.9 Å². The Kier molecular flexibility index (Phi) is 3.39. The second-order valence-electron chi connectivity index (χ2n) is 6.76. The van der Waals surface area contributed by atoms with Crippen LogP contribution in [0.2, 0.25) is 0 Å². The number of carbonyl (C=O) groups is 2. The number of esters is 2. The monoisotopic (exact) mass is 390 g/mol. The Hall–Kier alpha value is -4.00. The molecule has 1 unspecified atom stereocenters. The number of fused-ring (bicyclic) bond motifs is 6. The molecule has 1 spiro atoms. The van der Waals surface area contributed by atoms with Gasteiger partial charge < -0.3 is 24.4 Å². The van der Waals surface area contributed by atoms with Gasteiger partial charge >= 0.3 is 11.9 Å². The third-order valence-electron chi connectivity index (χ3n) is 5.18. The van der Waals surface area contributed by atoms with Gasteiger partial charge in [-0.1, -0.05) is 18.2 Å². The smallest absolute Gasteiger partial charge is 0.340 e. The minimum absolute atomic E-state index is 0.00530. The van der Waals surface area contributed by atoms with Crippen molar-refractivity contribution < 1.29 is 34.0 Å². The number of ether oxygens (including phenoxy) is 3. The Morgan fingerprint density at radius 3 is 2.52 bits per heavy atom. The van der Waals surface area contributed by atoms with E-state index in [0.717, 1.165) is 0 Å². The highest BCUT2D eigenvalue weighted by Crippen LogP contribution is 2.58. The van der Waals surface area contributed by atoms with E-state index in [1.807, 2.05) is 0 Å². The van der Waals surface area contributed by atoms with Crippen LogP contribution in [0.3, 0.4) is 0 Å². The predicted molar refractivity (Wildman–Crippen MR) is 99.4 cm³/mol. The summed E-state index contributed by atoms with van der Waals surface area (Å²) in [6.45, 7) is 0. The molecule has 0 fully saturated rings. The Morgan fingerprint density at radius 1 is 0.966 bits per heavy atom. The van der Waals surface area contributed by atoms with Crippen LogP contribution < -0.4 is 4.74 Å². The van der Waals surface area contributed by atoms with E-state index in [-0.39, 0.29) is 34.1 Å². The molecule has 3 aromatic rings. The number of hydrogen-bond acceptors (Lipinski definition) is 7. The average molecular weight is 390 g/mol. The molecular formula is C22H14O7. The lowest BCUT2D eigenvalue weighted by Gasteiger charge is -2.37. The van der Waals surface area contributed by atoms with Crippen molar-refractivity contribution in [3.8, 4) is 23.0 Å². The van der Waals surface area contributed by atoms with Gasteiger partial charge in [-0.25, -0.2) is 9.59 Å². The highest BCUT2D eigenvalue weighted by atomic mass is 16.6. The molecule has 0 saturated heterocycles. The number of phenolic OH excluding ortho intramolecular Hbond substituents is 2. The van der Waals surface area contributed by atoms with Crippen LogP contribution in [0.15, 0.2) is 54.6 Å². The van der Waals surface area contributed by atoms with Gasteiger partial charge in [0.25, 0.3) is 0 Å². The molecule has 5 rings (SSSR count). The maximum atomic E-state index is 12.8. The van der Waals surface area contributed by atoms with Crippen LogP contribution >= 0.6 is 0 Å². The first kappa shape index (κ1) is 17.1. The Balaban J connectivity index is 1.95. The average Bonchev–Trinajstić information content (AvgIpc) is 2.99. The summed E-state index contributed by atoms with van der Waals surface area (Å²) in [5.74, 6) is -1.19. The summed E-state index contributed by atoms with van der Waals surface area (Å²) in [6, 6.07) is 13.8. The van der Waals surface area contributed by atoms with Gasteiger partial charge in [0.2, 0.25) is 0 Å². The molecule has 2 aliphatic heterocycles. The lowest BCUT2D eigenvalue weighted by Crippen LogP contribution is -2.35. The third-order valence-corrected chi connectivity index (χ3v) is 5.18. The first-order valence-corrected chi connectivity index (χ1v) is 8.75. The fraction of sp³-hybridized carbons (Fsp3) is 0.0909. The van der Waals surface area contributed by atoms with Crippen molar-refractivity contribution in [1.82, 2.24) is 0 Å². The largest absolute Gasteiger partial charge is 0.508 e. The van der Waals surface area contributed by atoms with Crippen LogP contribution in [-0.4, -0.2) is 29.3 Å². The van der Waals surface area contributed by atoms with E-state index >= 15 is 0 Å². The Morgan fingerprint density at radius 2 is 1.72 bits per heavy atom. The summed E-state index contributed by atoms with van der Waals surface area (Å²) >= 11 is 0. The quantitative estimate of drug-likeness (QED) is 0.614. The van der Waals surface area contributed by atoms with E-state index in [4.69, 9.17) is 14.2 Å². The van der Waals surface area contributed by atoms with Crippen molar-refractivity contribution in [3.63, 3.8) is 0 Å². The Labute approximate surface area is 164 Å². The van der Waals surface area contributed by atoms with Crippen molar-refractivity contribution in [2.75, 3.05) is 7.11 Å². The van der Waals surface area contributed by atoms with Crippen LogP contribution in [0.25, 0.3) is 0 Å². The van der Waals surface area contributed by atoms with Gasteiger partial charge in [0, 0.05) is 23.3 Å². The predicted octanol–water partition coefficient (Wildman–Crippen LogP) is 3.45. The van der Waals surface area contributed by atoms with Crippen molar-refractivity contribution in [3.05, 3.63) is 82.4 Å². The molecule has 0 saturated carbocycles. The zero-order valence-corrected chi connectivity index (χ0v) is 15.1. The van der Waals surface area contributed by atoms with Gasteiger partial charge in [0.15, 0.2) is 5.60 Å². The number of phenols is 2. The molecule has 0 amide bonds. The highest BCUT2D eigenvalue weighted by Gasteiger charge is 2.55. The second-order valence-corrected chi connectivity index (χ2v) is 6.76. The minimum atomic E-state index is -1.50. The first-order chi connectivity index (χ1) is 14.0. The fourth-order valence-corrected chi connectivity index (χ4v) is 4.06. The molecule has 7 nitrogen and oxygen atoms in total. The van der Waals surface area contributed by atoms with E-state index in [1.165, 1.54) is 31.4 Å². The molecule has 0 aliphatic carbocycles. The van der Waals surface area contributed by atoms with E-state index in [1.54, 1.807) is 30.3 Å². The molecule has 0 aromatic heterocycles. The second kappa shape index (κ2) is 5.75. The standard InChI is InChI=1S/C22H14O7/c1-27-20(25)14-8-12(24)10-18-19(14)22(16-7-6-11(23)9-17(16)28-18)15-5-3-2-4-13(15)21(26)29-22/h2-10,23-24H,1H3. The van der Waals surface area contributed by atoms with Crippen molar-refractivity contribution in [2.45, 2.75) is 5.60 Å². The zero-order chi connectivity index (χ0) is 20.3. The molecular weight excluding hydrogens is 376 g/mol. The van der Waals surface area contributed by atoms with E-state index in [2.05, 4.69) is 0 Å². The zero-order valence-electron chi connectivity index (χ0n) is 15.1. The SMILES string of the molecule is COC(=O)c1cc(O)cc2c1C1(OC(=O)c3ccccc31)c1ccc(O)cc1O2. The van der Waals surface area contributed by atoms with Crippen LogP contribution in [0, 0.1) is 0 Å².